The summed E-state index contributed by atoms with van der Waals surface area (Å²) >= 11 is 0. The molecule has 1 atom stereocenters. The SMILES string of the molecule is CCCCCCCCCC/C=C/C(CC(=O)O)C(=O)O. The third kappa shape index (κ3) is 11.8. The normalized spacial score (nSPS) is 12.7. The molecule has 0 rings (SSSR count). The maximum atomic E-state index is 10.8. The van der Waals surface area contributed by atoms with E-state index in [0.717, 1.165) is 19.3 Å². The van der Waals surface area contributed by atoms with Crippen molar-refractivity contribution in [1.82, 2.24) is 0 Å². The molecule has 4 heteroatoms. The number of allylic oxidation sites excluding steroid dienone is 1. The molecule has 0 spiro atoms. The highest BCUT2D eigenvalue weighted by Crippen LogP contribution is 2.11. The average molecular weight is 284 g/mol. The number of hydrogen-bond acceptors (Lipinski definition) is 2. The maximum absolute atomic E-state index is 10.8. The highest BCUT2D eigenvalue weighted by molar-refractivity contribution is 5.79. The molecule has 0 aromatic carbocycles. The first-order chi connectivity index (χ1) is 9.57. The van der Waals surface area contributed by atoms with Crippen LogP contribution in [-0.2, 0) is 9.59 Å². The third-order valence-electron chi connectivity index (χ3n) is 3.30. The Labute approximate surface area is 121 Å². The van der Waals surface area contributed by atoms with Gasteiger partial charge in [0.05, 0.1) is 12.3 Å². The highest BCUT2D eigenvalue weighted by atomic mass is 16.4. The van der Waals surface area contributed by atoms with Crippen molar-refractivity contribution < 1.29 is 19.8 Å². The van der Waals surface area contributed by atoms with Crippen LogP contribution in [-0.4, -0.2) is 22.2 Å². The summed E-state index contributed by atoms with van der Waals surface area (Å²) in [4.78, 5) is 21.3. The molecule has 0 saturated carbocycles. The molecule has 4 nitrogen and oxygen atoms in total. The molecule has 0 bridgehead atoms. The lowest BCUT2D eigenvalue weighted by atomic mass is 10.0. The van der Waals surface area contributed by atoms with Crippen molar-refractivity contribution in [2.45, 2.75) is 71.1 Å². The minimum atomic E-state index is -1.07. The number of carboxylic acids is 2. The van der Waals surface area contributed by atoms with Gasteiger partial charge in [-0.15, -0.1) is 0 Å². The van der Waals surface area contributed by atoms with E-state index in [1.54, 1.807) is 6.08 Å². The molecule has 0 radical (unpaired) electrons. The fourth-order valence-corrected chi connectivity index (χ4v) is 2.08. The van der Waals surface area contributed by atoms with Crippen molar-refractivity contribution in [3.05, 3.63) is 12.2 Å². The van der Waals surface area contributed by atoms with Gasteiger partial charge in [0, 0.05) is 0 Å². The summed E-state index contributed by atoms with van der Waals surface area (Å²) in [6, 6.07) is 0. The van der Waals surface area contributed by atoms with Crippen LogP contribution in [0.3, 0.4) is 0 Å². The van der Waals surface area contributed by atoms with E-state index in [1.807, 2.05) is 0 Å². The summed E-state index contributed by atoms with van der Waals surface area (Å²) < 4.78 is 0. The van der Waals surface area contributed by atoms with Gasteiger partial charge in [0.2, 0.25) is 0 Å². The predicted molar refractivity (Wildman–Crippen MR) is 79.7 cm³/mol. The molecule has 116 valence electrons. The van der Waals surface area contributed by atoms with E-state index in [-0.39, 0.29) is 6.42 Å². The lowest BCUT2D eigenvalue weighted by Crippen LogP contribution is -2.15. The summed E-state index contributed by atoms with van der Waals surface area (Å²) in [6.45, 7) is 2.21. The van der Waals surface area contributed by atoms with Gasteiger partial charge in [-0.1, -0.05) is 64.0 Å². The first kappa shape index (κ1) is 18.7. The molecule has 0 amide bonds. The van der Waals surface area contributed by atoms with Crippen molar-refractivity contribution in [3.8, 4) is 0 Å². The number of carboxylic acid groups (broad SMARTS) is 2. The zero-order valence-corrected chi connectivity index (χ0v) is 12.5. The van der Waals surface area contributed by atoms with E-state index in [4.69, 9.17) is 10.2 Å². The van der Waals surface area contributed by atoms with Gasteiger partial charge in [-0.25, -0.2) is 0 Å². The van der Waals surface area contributed by atoms with Crippen LogP contribution in [0.25, 0.3) is 0 Å². The smallest absolute Gasteiger partial charge is 0.310 e. The van der Waals surface area contributed by atoms with Crippen LogP contribution in [0.15, 0.2) is 12.2 Å². The van der Waals surface area contributed by atoms with Crippen LogP contribution in [0, 0.1) is 5.92 Å². The molecule has 2 N–H and O–H groups in total. The van der Waals surface area contributed by atoms with E-state index in [0.29, 0.717) is 0 Å². The third-order valence-corrected chi connectivity index (χ3v) is 3.30. The molecule has 0 fully saturated rings. The molecule has 0 aliphatic carbocycles. The van der Waals surface area contributed by atoms with Crippen LogP contribution in [0.4, 0.5) is 0 Å². The molecule has 0 aliphatic heterocycles. The number of carbonyl (C=O) groups is 2. The van der Waals surface area contributed by atoms with Gasteiger partial charge in [0.15, 0.2) is 0 Å². The summed E-state index contributed by atoms with van der Waals surface area (Å²) in [7, 11) is 0. The Kier molecular flexibility index (Phi) is 11.9. The number of aliphatic carboxylic acids is 2. The van der Waals surface area contributed by atoms with Crippen LogP contribution in [0.1, 0.15) is 71.1 Å². The monoisotopic (exact) mass is 284 g/mol. The number of rotatable bonds is 13. The Bertz CT molecular complexity index is 297. The van der Waals surface area contributed by atoms with E-state index in [2.05, 4.69) is 6.92 Å². The predicted octanol–water partition coefficient (Wildman–Crippen LogP) is 4.25. The summed E-state index contributed by atoms with van der Waals surface area (Å²) in [5, 5.41) is 17.4. The number of hydrogen-bond donors (Lipinski definition) is 2. The highest BCUT2D eigenvalue weighted by Gasteiger charge is 2.17. The zero-order chi connectivity index (χ0) is 15.2. The molecular formula is C16H28O4. The summed E-state index contributed by atoms with van der Waals surface area (Å²) in [6.07, 6.45) is 13.7. The second-order valence-corrected chi connectivity index (χ2v) is 5.23. The Morgan fingerprint density at radius 2 is 1.50 bits per heavy atom. The molecule has 0 aliphatic rings. The Balaban J connectivity index is 3.58. The van der Waals surface area contributed by atoms with Crippen molar-refractivity contribution >= 4 is 11.9 Å². The first-order valence-electron chi connectivity index (χ1n) is 7.69. The first-order valence-corrected chi connectivity index (χ1v) is 7.69. The van der Waals surface area contributed by atoms with Crippen molar-refractivity contribution in [2.24, 2.45) is 5.92 Å². The Morgan fingerprint density at radius 3 is 2.00 bits per heavy atom. The number of unbranched alkanes of at least 4 members (excludes halogenated alkanes) is 8. The molecule has 0 saturated heterocycles. The summed E-state index contributed by atoms with van der Waals surface area (Å²) in [5.74, 6) is -3.05. The van der Waals surface area contributed by atoms with Gasteiger partial charge >= 0.3 is 11.9 Å². The van der Waals surface area contributed by atoms with Crippen LogP contribution in [0.5, 0.6) is 0 Å². The molecular weight excluding hydrogens is 256 g/mol. The summed E-state index contributed by atoms with van der Waals surface area (Å²) in [5.41, 5.74) is 0. The molecule has 1 unspecified atom stereocenters. The standard InChI is InChI=1S/C16H28O4/c1-2-3-4-5-6-7-8-9-10-11-12-14(16(19)20)13-15(17)18/h11-12,14H,2-10,13H2,1H3,(H,17,18)(H,19,20)/b12-11+. The van der Waals surface area contributed by atoms with E-state index >= 15 is 0 Å². The van der Waals surface area contributed by atoms with Crippen LogP contribution < -0.4 is 0 Å². The minimum absolute atomic E-state index is 0.344. The van der Waals surface area contributed by atoms with E-state index < -0.39 is 17.9 Å². The second kappa shape index (κ2) is 12.7. The van der Waals surface area contributed by atoms with Gasteiger partial charge in [0.1, 0.15) is 0 Å². The van der Waals surface area contributed by atoms with Gasteiger partial charge < -0.3 is 10.2 Å². The average Bonchev–Trinajstić information content (AvgIpc) is 2.39. The molecule has 0 heterocycles. The second-order valence-electron chi connectivity index (χ2n) is 5.23. The van der Waals surface area contributed by atoms with Crippen LogP contribution >= 0.6 is 0 Å². The van der Waals surface area contributed by atoms with E-state index in [1.165, 1.54) is 44.6 Å². The molecule has 0 aromatic heterocycles. The van der Waals surface area contributed by atoms with Crippen molar-refractivity contribution in [3.63, 3.8) is 0 Å². The zero-order valence-electron chi connectivity index (χ0n) is 12.5. The van der Waals surface area contributed by atoms with Crippen molar-refractivity contribution in [2.75, 3.05) is 0 Å². The minimum Gasteiger partial charge on any atom is -0.481 e. The van der Waals surface area contributed by atoms with Gasteiger partial charge in [-0.3, -0.25) is 9.59 Å². The largest absolute Gasteiger partial charge is 0.481 e. The fraction of sp³-hybridized carbons (Fsp3) is 0.750. The molecule has 20 heavy (non-hydrogen) atoms. The quantitative estimate of drug-likeness (QED) is 0.391. The maximum Gasteiger partial charge on any atom is 0.310 e. The fourth-order valence-electron chi connectivity index (χ4n) is 2.08. The van der Waals surface area contributed by atoms with Crippen LogP contribution in [0.2, 0.25) is 0 Å². The Morgan fingerprint density at radius 1 is 0.950 bits per heavy atom. The lowest BCUT2D eigenvalue weighted by molar-refractivity contribution is -0.146. The molecule has 0 aromatic rings. The van der Waals surface area contributed by atoms with Gasteiger partial charge in [0.25, 0.3) is 0 Å². The van der Waals surface area contributed by atoms with Crippen molar-refractivity contribution in [1.29, 1.82) is 0 Å². The topological polar surface area (TPSA) is 74.6 Å². The Hall–Kier alpha value is -1.32. The van der Waals surface area contributed by atoms with Gasteiger partial charge in [-0.05, 0) is 12.8 Å². The van der Waals surface area contributed by atoms with Gasteiger partial charge in [-0.2, -0.15) is 0 Å². The lowest BCUT2D eigenvalue weighted by Gasteiger charge is -2.03. The van der Waals surface area contributed by atoms with E-state index in [9.17, 15) is 9.59 Å².